The number of alkyl halides is 1. The van der Waals surface area contributed by atoms with Gasteiger partial charge in [-0.2, -0.15) is 0 Å². The summed E-state index contributed by atoms with van der Waals surface area (Å²) in [5.74, 6) is 0.616. The average Bonchev–Trinajstić information content (AvgIpc) is 2.36. The topological polar surface area (TPSA) is 24.4 Å². The zero-order chi connectivity index (χ0) is 7.40. The molecule has 0 aromatic carbocycles. The molecule has 3 heteroatoms. The van der Waals surface area contributed by atoms with Gasteiger partial charge in [-0.3, -0.25) is 0 Å². The fourth-order valence-corrected chi connectivity index (χ4v) is 0.802. The third-order valence-corrected chi connectivity index (χ3v) is 1.29. The quantitative estimate of drug-likeness (QED) is 0.546. The molecule has 0 radical (unpaired) electrons. The number of aliphatic imine (C=N–C) groups is 1. The maximum atomic E-state index is 11.7. The molecule has 0 spiro atoms. The molecule has 1 heterocycles. The fraction of sp³-hybridized carbons (Fsp3) is 0.286. The number of amidine groups is 1. The molecule has 1 rings (SSSR count). The summed E-state index contributed by atoms with van der Waals surface area (Å²) in [5.41, 5.74) is 0.942. The second-order valence-corrected chi connectivity index (χ2v) is 1.85. The van der Waals surface area contributed by atoms with Crippen LogP contribution in [0.5, 0.6) is 0 Å². The van der Waals surface area contributed by atoms with E-state index in [1.807, 2.05) is 19.1 Å². The second kappa shape index (κ2) is 3.15. The van der Waals surface area contributed by atoms with E-state index in [2.05, 4.69) is 10.3 Å². The minimum absolute atomic E-state index is 0.616. The van der Waals surface area contributed by atoms with Crippen molar-refractivity contribution in [3.8, 4) is 0 Å². The van der Waals surface area contributed by atoms with Gasteiger partial charge >= 0.3 is 0 Å². The van der Waals surface area contributed by atoms with Gasteiger partial charge in [0.15, 0.2) is 6.80 Å². The van der Waals surface area contributed by atoms with E-state index in [-0.39, 0.29) is 0 Å². The number of nitrogens with one attached hydrogen (secondary N) is 1. The molecular formula is C7H9FN2. The van der Waals surface area contributed by atoms with Gasteiger partial charge in [0.2, 0.25) is 0 Å². The summed E-state index contributed by atoms with van der Waals surface area (Å²) in [7, 11) is 0. The van der Waals surface area contributed by atoms with Crippen molar-refractivity contribution in [2.45, 2.75) is 6.92 Å². The predicted molar refractivity (Wildman–Crippen MR) is 39.4 cm³/mol. The lowest BCUT2D eigenvalue weighted by molar-refractivity contribution is 0.512. The monoisotopic (exact) mass is 140 g/mol. The van der Waals surface area contributed by atoms with Gasteiger partial charge in [-0.05, 0) is 13.0 Å². The van der Waals surface area contributed by atoms with Crippen LogP contribution in [-0.2, 0) is 0 Å². The van der Waals surface area contributed by atoms with E-state index in [0.717, 1.165) is 5.57 Å². The molecule has 0 aromatic heterocycles. The summed E-state index contributed by atoms with van der Waals surface area (Å²) in [5, 5.41) is 2.82. The fourth-order valence-electron chi connectivity index (χ4n) is 0.802. The molecule has 10 heavy (non-hydrogen) atoms. The molecule has 1 N–H and O–H groups in total. The van der Waals surface area contributed by atoms with Gasteiger partial charge in [-0.1, -0.05) is 6.08 Å². The van der Waals surface area contributed by atoms with Crippen molar-refractivity contribution in [3.63, 3.8) is 0 Å². The van der Waals surface area contributed by atoms with Crippen LogP contribution in [0.25, 0.3) is 0 Å². The molecule has 0 saturated heterocycles. The first kappa shape index (κ1) is 6.99. The second-order valence-electron chi connectivity index (χ2n) is 1.85. The predicted octanol–water partition coefficient (Wildman–Crippen LogP) is 1.38. The van der Waals surface area contributed by atoms with Crippen LogP contribution in [-0.4, -0.2) is 12.6 Å². The third kappa shape index (κ3) is 1.23. The van der Waals surface area contributed by atoms with E-state index in [0.29, 0.717) is 5.84 Å². The average molecular weight is 140 g/mol. The molecule has 0 amide bonds. The lowest BCUT2D eigenvalue weighted by Gasteiger charge is -1.96. The van der Waals surface area contributed by atoms with Crippen LogP contribution in [0.1, 0.15) is 6.92 Å². The first-order valence-electron chi connectivity index (χ1n) is 3.08. The van der Waals surface area contributed by atoms with E-state index < -0.39 is 6.80 Å². The lowest BCUT2D eigenvalue weighted by Crippen LogP contribution is -2.12. The molecule has 1 aliphatic heterocycles. The van der Waals surface area contributed by atoms with Crippen LogP contribution >= 0.6 is 0 Å². The van der Waals surface area contributed by atoms with Gasteiger partial charge < -0.3 is 5.32 Å². The minimum atomic E-state index is -0.665. The van der Waals surface area contributed by atoms with Gasteiger partial charge in [-0.15, -0.1) is 0 Å². The van der Waals surface area contributed by atoms with Crippen LogP contribution in [0, 0.1) is 0 Å². The van der Waals surface area contributed by atoms with Crippen molar-refractivity contribution in [2.24, 2.45) is 4.99 Å². The Hall–Kier alpha value is -1.12. The van der Waals surface area contributed by atoms with Crippen molar-refractivity contribution >= 4 is 5.84 Å². The SMILES string of the molecule is C/C=C1/C=CNC1=NCF. The van der Waals surface area contributed by atoms with Crippen molar-refractivity contribution in [3.05, 3.63) is 23.9 Å². The summed E-state index contributed by atoms with van der Waals surface area (Å²) in [4.78, 5) is 3.58. The molecular weight excluding hydrogens is 131 g/mol. The van der Waals surface area contributed by atoms with Crippen molar-refractivity contribution in [2.75, 3.05) is 6.80 Å². The van der Waals surface area contributed by atoms with E-state index in [1.54, 1.807) is 6.20 Å². The molecule has 0 atom stereocenters. The van der Waals surface area contributed by atoms with Crippen molar-refractivity contribution in [1.29, 1.82) is 0 Å². The summed E-state index contributed by atoms with van der Waals surface area (Å²) in [6.07, 6.45) is 5.48. The number of rotatable bonds is 1. The normalized spacial score (nSPS) is 24.2. The Bertz CT molecular complexity index is 204. The van der Waals surface area contributed by atoms with Crippen molar-refractivity contribution < 1.29 is 4.39 Å². The highest BCUT2D eigenvalue weighted by atomic mass is 19.1. The van der Waals surface area contributed by atoms with Gasteiger partial charge in [0.05, 0.1) is 0 Å². The van der Waals surface area contributed by atoms with E-state index >= 15 is 0 Å². The van der Waals surface area contributed by atoms with Crippen LogP contribution < -0.4 is 5.32 Å². The third-order valence-electron chi connectivity index (χ3n) is 1.29. The van der Waals surface area contributed by atoms with Gasteiger partial charge in [-0.25, -0.2) is 9.38 Å². The zero-order valence-electron chi connectivity index (χ0n) is 5.76. The summed E-state index contributed by atoms with van der Waals surface area (Å²) in [6.45, 7) is 1.22. The Morgan fingerprint density at radius 2 is 2.60 bits per heavy atom. The lowest BCUT2D eigenvalue weighted by atomic mass is 10.2. The maximum absolute atomic E-state index is 11.7. The van der Waals surface area contributed by atoms with Crippen LogP contribution in [0.15, 0.2) is 28.9 Å². The Kier molecular flexibility index (Phi) is 2.20. The van der Waals surface area contributed by atoms with Gasteiger partial charge in [0, 0.05) is 11.8 Å². The molecule has 0 saturated carbocycles. The highest BCUT2D eigenvalue weighted by Crippen LogP contribution is 2.04. The molecule has 1 aliphatic rings. The molecule has 0 aliphatic carbocycles. The molecule has 0 unspecified atom stereocenters. The number of nitrogens with zero attached hydrogens (tertiary/aromatic N) is 1. The van der Waals surface area contributed by atoms with E-state index in [9.17, 15) is 4.39 Å². The number of hydrogen-bond acceptors (Lipinski definition) is 1. The standard InChI is InChI=1S/C7H9FN2/c1-2-6-3-4-9-7(6)10-5-8/h2-4H,5H2,1H3,(H,9,10)/b6-2-. The molecule has 0 bridgehead atoms. The van der Waals surface area contributed by atoms with Gasteiger partial charge in [0.25, 0.3) is 0 Å². The first-order chi connectivity index (χ1) is 4.88. The van der Waals surface area contributed by atoms with Crippen LogP contribution in [0.4, 0.5) is 4.39 Å². The zero-order valence-corrected chi connectivity index (χ0v) is 5.76. The van der Waals surface area contributed by atoms with Crippen molar-refractivity contribution in [1.82, 2.24) is 5.32 Å². The summed E-state index contributed by atoms with van der Waals surface area (Å²) < 4.78 is 11.7. The maximum Gasteiger partial charge on any atom is 0.181 e. The molecule has 2 nitrogen and oxygen atoms in total. The summed E-state index contributed by atoms with van der Waals surface area (Å²) in [6, 6.07) is 0. The highest BCUT2D eigenvalue weighted by Gasteiger charge is 2.05. The number of halogens is 1. The minimum Gasteiger partial charge on any atom is -0.346 e. The van der Waals surface area contributed by atoms with Crippen LogP contribution in [0.2, 0.25) is 0 Å². The smallest absolute Gasteiger partial charge is 0.181 e. The molecule has 0 fully saturated rings. The highest BCUT2D eigenvalue weighted by molar-refractivity contribution is 6.03. The Labute approximate surface area is 59.2 Å². The Morgan fingerprint density at radius 3 is 3.20 bits per heavy atom. The summed E-state index contributed by atoms with van der Waals surface area (Å²) >= 11 is 0. The Morgan fingerprint density at radius 1 is 1.80 bits per heavy atom. The van der Waals surface area contributed by atoms with Crippen LogP contribution in [0.3, 0.4) is 0 Å². The first-order valence-corrected chi connectivity index (χ1v) is 3.08. The largest absolute Gasteiger partial charge is 0.346 e. The van der Waals surface area contributed by atoms with Gasteiger partial charge in [0.1, 0.15) is 5.84 Å². The van der Waals surface area contributed by atoms with E-state index in [4.69, 9.17) is 0 Å². The molecule has 54 valence electrons. The molecule has 0 aromatic rings. The number of hydrogen-bond donors (Lipinski definition) is 1. The Balaban J connectivity index is 2.75. The van der Waals surface area contributed by atoms with E-state index in [1.165, 1.54) is 0 Å². The number of allylic oxidation sites excluding steroid dienone is 1.